The number of hydrogen-bond acceptors (Lipinski definition) is 4. The summed E-state index contributed by atoms with van der Waals surface area (Å²) in [6.45, 7) is 7.69. The number of aromatic nitrogens is 2. The Morgan fingerprint density at radius 1 is 0.973 bits per heavy atom. The van der Waals surface area contributed by atoms with Gasteiger partial charge in [-0.15, -0.1) is 0 Å². The average molecular weight is 509 g/mol. The van der Waals surface area contributed by atoms with Crippen molar-refractivity contribution < 1.29 is 8.78 Å². The molecule has 0 amide bonds. The molecule has 3 aromatic rings. The third kappa shape index (κ3) is 5.31. The highest BCUT2D eigenvalue weighted by molar-refractivity contribution is 5.31. The maximum atomic E-state index is 14.6. The zero-order valence-corrected chi connectivity index (χ0v) is 21.5. The number of rotatable bonds is 6. The van der Waals surface area contributed by atoms with Gasteiger partial charge in [0.1, 0.15) is 11.6 Å². The molecule has 0 saturated carbocycles. The Bertz CT molecular complexity index is 1400. The van der Waals surface area contributed by atoms with Gasteiger partial charge in [0.25, 0.3) is 5.56 Å². The van der Waals surface area contributed by atoms with E-state index in [2.05, 4.69) is 42.3 Å². The van der Waals surface area contributed by atoms with Crippen LogP contribution in [-0.4, -0.2) is 33.7 Å². The number of piperidine rings is 1. The summed E-state index contributed by atoms with van der Waals surface area (Å²) >= 11 is 0. The number of nitrogens with zero attached hydrogens (tertiary/aromatic N) is 3. The molecule has 2 aliphatic rings. The number of nitrogens with one attached hydrogen (secondary N) is 1. The fourth-order valence-electron chi connectivity index (χ4n) is 5.70. The highest BCUT2D eigenvalue weighted by Crippen LogP contribution is 2.22. The van der Waals surface area contributed by atoms with Gasteiger partial charge in [0.05, 0.1) is 12.1 Å². The topological polar surface area (TPSA) is 59.3 Å². The van der Waals surface area contributed by atoms with Crippen molar-refractivity contribution in [1.82, 2.24) is 19.4 Å². The third-order valence-corrected chi connectivity index (χ3v) is 7.86. The third-order valence-electron chi connectivity index (χ3n) is 7.86. The van der Waals surface area contributed by atoms with Gasteiger partial charge in [-0.3, -0.25) is 18.8 Å². The molecule has 0 aliphatic carbocycles. The van der Waals surface area contributed by atoms with E-state index in [-0.39, 0.29) is 23.6 Å². The number of aryl methyl sites for hydroxylation is 2. The van der Waals surface area contributed by atoms with Crippen molar-refractivity contribution in [1.29, 1.82) is 0 Å². The van der Waals surface area contributed by atoms with Crippen LogP contribution in [0.25, 0.3) is 0 Å². The molecule has 5 rings (SSSR count). The second-order valence-corrected chi connectivity index (χ2v) is 10.5. The van der Waals surface area contributed by atoms with Gasteiger partial charge in [0, 0.05) is 43.9 Å². The molecular weight excluding hydrogens is 474 g/mol. The Kier molecular flexibility index (Phi) is 7.40. The monoisotopic (exact) mass is 508 g/mol. The fourth-order valence-corrected chi connectivity index (χ4v) is 5.70. The van der Waals surface area contributed by atoms with E-state index >= 15 is 0 Å². The second kappa shape index (κ2) is 10.7. The molecule has 196 valence electrons. The summed E-state index contributed by atoms with van der Waals surface area (Å²) < 4.78 is 31.9. The SMILES string of the molecule is Cc1ccc(CN2CCc3c(c(=O)n(CC4CCNCC4)c(=O)n3Cc3c(F)cccc3F)C2)c(C)c1. The molecule has 2 aliphatic heterocycles. The molecular formula is C29H34F2N4O2. The molecule has 37 heavy (non-hydrogen) atoms. The number of benzene rings is 2. The van der Waals surface area contributed by atoms with Crippen molar-refractivity contribution in [2.24, 2.45) is 5.92 Å². The standard InChI is InChI=1S/C29H34F2N4O2/c1-19-6-7-22(20(2)14-19)16-33-13-10-27-24(17-33)28(36)35(15-21-8-11-32-12-9-21)29(37)34(27)18-23-25(30)4-3-5-26(23)31/h3-7,14,21,32H,8-13,15-18H2,1-2H3. The van der Waals surface area contributed by atoms with Crippen LogP contribution in [0.3, 0.4) is 0 Å². The molecule has 6 nitrogen and oxygen atoms in total. The van der Waals surface area contributed by atoms with Crippen LogP contribution in [0.5, 0.6) is 0 Å². The maximum Gasteiger partial charge on any atom is 0.331 e. The van der Waals surface area contributed by atoms with Gasteiger partial charge in [0.15, 0.2) is 0 Å². The van der Waals surface area contributed by atoms with Crippen LogP contribution in [0.15, 0.2) is 46.0 Å². The number of fused-ring (bicyclic) bond motifs is 1. The summed E-state index contributed by atoms with van der Waals surface area (Å²) in [6, 6.07) is 10.1. The molecule has 0 spiro atoms. The first-order valence-electron chi connectivity index (χ1n) is 13.1. The van der Waals surface area contributed by atoms with E-state index in [0.717, 1.165) is 25.9 Å². The average Bonchev–Trinajstić information content (AvgIpc) is 2.88. The number of halogens is 2. The molecule has 1 fully saturated rings. The largest absolute Gasteiger partial charge is 0.331 e. The molecule has 0 radical (unpaired) electrons. The Morgan fingerprint density at radius 3 is 2.41 bits per heavy atom. The minimum Gasteiger partial charge on any atom is -0.317 e. The van der Waals surface area contributed by atoms with Crippen molar-refractivity contribution in [2.75, 3.05) is 19.6 Å². The molecule has 1 saturated heterocycles. The van der Waals surface area contributed by atoms with Gasteiger partial charge >= 0.3 is 5.69 Å². The second-order valence-electron chi connectivity index (χ2n) is 10.5. The van der Waals surface area contributed by atoms with Gasteiger partial charge in [-0.25, -0.2) is 13.6 Å². The summed E-state index contributed by atoms with van der Waals surface area (Å²) in [7, 11) is 0. The lowest BCUT2D eigenvalue weighted by Crippen LogP contribution is -2.49. The van der Waals surface area contributed by atoms with Gasteiger partial charge in [-0.2, -0.15) is 0 Å². The van der Waals surface area contributed by atoms with E-state index in [0.29, 0.717) is 43.9 Å². The summed E-state index contributed by atoms with van der Waals surface area (Å²) in [5.41, 5.74) is 3.85. The zero-order chi connectivity index (χ0) is 26.1. The van der Waals surface area contributed by atoms with Crippen LogP contribution in [0.1, 0.15) is 46.4 Å². The summed E-state index contributed by atoms with van der Waals surface area (Å²) in [6.07, 6.45) is 2.22. The minimum atomic E-state index is -0.691. The van der Waals surface area contributed by atoms with Crippen LogP contribution in [0, 0.1) is 31.4 Å². The van der Waals surface area contributed by atoms with Crippen LogP contribution in [0.4, 0.5) is 8.78 Å². The zero-order valence-electron chi connectivity index (χ0n) is 21.5. The van der Waals surface area contributed by atoms with Gasteiger partial charge < -0.3 is 5.32 Å². The molecule has 1 N–H and O–H groups in total. The van der Waals surface area contributed by atoms with Gasteiger partial charge in [-0.05, 0) is 69.0 Å². The van der Waals surface area contributed by atoms with Crippen molar-refractivity contribution in [3.8, 4) is 0 Å². The van der Waals surface area contributed by atoms with E-state index in [1.54, 1.807) is 0 Å². The Labute approximate surface area is 215 Å². The smallest absolute Gasteiger partial charge is 0.317 e. The van der Waals surface area contributed by atoms with E-state index in [1.807, 2.05) is 0 Å². The number of hydrogen-bond donors (Lipinski definition) is 1. The molecule has 3 heterocycles. The van der Waals surface area contributed by atoms with E-state index < -0.39 is 17.3 Å². The Hall–Kier alpha value is -3.10. The first-order valence-corrected chi connectivity index (χ1v) is 13.1. The first kappa shape index (κ1) is 25.5. The van der Waals surface area contributed by atoms with Crippen LogP contribution in [-0.2, 0) is 32.6 Å². The van der Waals surface area contributed by atoms with Crippen LogP contribution < -0.4 is 16.6 Å². The summed E-state index contributed by atoms with van der Waals surface area (Å²) in [5.74, 6) is -1.17. The summed E-state index contributed by atoms with van der Waals surface area (Å²) in [5, 5.41) is 3.31. The highest BCUT2D eigenvalue weighted by atomic mass is 19.1. The van der Waals surface area contributed by atoms with Crippen molar-refractivity contribution in [2.45, 2.75) is 59.3 Å². The lowest BCUT2D eigenvalue weighted by Gasteiger charge is -2.32. The first-order chi connectivity index (χ1) is 17.8. The van der Waals surface area contributed by atoms with Crippen molar-refractivity contribution >= 4 is 0 Å². The van der Waals surface area contributed by atoms with Crippen molar-refractivity contribution in [3.05, 3.63) is 102 Å². The Morgan fingerprint density at radius 2 is 1.70 bits per heavy atom. The predicted octanol–water partition coefficient (Wildman–Crippen LogP) is 3.51. The molecule has 8 heteroatoms. The lowest BCUT2D eigenvalue weighted by atomic mass is 9.97. The highest BCUT2D eigenvalue weighted by Gasteiger charge is 2.28. The minimum absolute atomic E-state index is 0.156. The van der Waals surface area contributed by atoms with E-state index in [1.165, 1.54) is 44.0 Å². The quantitative estimate of drug-likeness (QED) is 0.554. The van der Waals surface area contributed by atoms with Gasteiger partial charge in [-0.1, -0.05) is 29.8 Å². The van der Waals surface area contributed by atoms with Crippen LogP contribution in [0.2, 0.25) is 0 Å². The molecule has 0 unspecified atom stereocenters. The van der Waals surface area contributed by atoms with Crippen LogP contribution >= 0.6 is 0 Å². The van der Waals surface area contributed by atoms with Gasteiger partial charge in [0.2, 0.25) is 0 Å². The maximum absolute atomic E-state index is 14.6. The molecule has 1 aromatic heterocycles. The predicted molar refractivity (Wildman–Crippen MR) is 140 cm³/mol. The summed E-state index contributed by atoms with van der Waals surface area (Å²) in [4.78, 5) is 29.6. The normalized spacial score (nSPS) is 16.6. The van der Waals surface area contributed by atoms with E-state index in [4.69, 9.17) is 0 Å². The fraction of sp³-hybridized carbons (Fsp3) is 0.448. The molecule has 2 aromatic carbocycles. The van der Waals surface area contributed by atoms with Crippen molar-refractivity contribution in [3.63, 3.8) is 0 Å². The lowest BCUT2D eigenvalue weighted by molar-refractivity contribution is 0.233. The van der Waals surface area contributed by atoms with E-state index in [9.17, 15) is 18.4 Å². The Balaban J connectivity index is 1.54. The molecule has 0 atom stereocenters. The molecule has 0 bridgehead atoms.